The summed E-state index contributed by atoms with van der Waals surface area (Å²) in [6.07, 6.45) is 1.18. The zero-order valence-corrected chi connectivity index (χ0v) is 9.81. The molecule has 0 aliphatic carbocycles. The molecule has 0 aliphatic heterocycles. The Balaban J connectivity index is 2.74. The van der Waals surface area contributed by atoms with Crippen molar-refractivity contribution in [3.05, 3.63) is 35.7 Å². The van der Waals surface area contributed by atoms with Gasteiger partial charge in [-0.15, -0.1) is 0 Å². The predicted molar refractivity (Wildman–Crippen MR) is 64.3 cm³/mol. The van der Waals surface area contributed by atoms with Crippen LogP contribution < -0.4 is 0 Å². The van der Waals surface area contributed by atoms with Crippen LogP contribution in [0, 0.1) is 0 Å². The molecular weight excluding hydrogens is 200 g/mol. The lowest BCUT2D eigenvalue weighted by Crippen LogP contribution is -2.01. The molecule has 0 radical (unpaired) electrons. The number of hydrogen-bond acceptors (Lipinski definition) is 3. The first-order valence-corrected chi connectivity index (χ1v) is 5.53. The number of aliphatic hydroxyl groups excluding tert-OH is 1. The molecule has 2 rings (SSSR count). The van der Waals surface area contributed by atoms with Gasteiger partial charge in [-0.05, 0) is 36.6 Å². The Morgan fingerprint density at radius 3 is 2.62 bits per heavy atom. The minimum Gasteiger partial charge on any atom is -0.387 e. The lowest BCUT2D eigenvalue weighted by molar-refractivity contribution is 0.194. The normalized spacial score (nSPS) is 13.3. The standard InChI is InChI=1S/C13H16N2O/c1-8(2)11-7-12(9(3)16)15-13-10(11)5-4-6-14-13/h4-9,16H,1-3H3/t9-/m1/s1. The molecular formula is C13H16N2O. The molecule has 0 fully saturated rings. The molecule has 0 aliphatic rings. The van der Waals surface area contributed by atoms with Gasteiger partial charge in [0.25, 0.3) is 0 Å². The third kappa shape index (κ3) is 1.91. The van der Waals surface area contributed by atoms with Crippen LogP contribution in [-0.2, 0) is 0 Å². The highest BCUT2D eigenvalue weighted by Crippen LogP contribution is 2.25. The lowest BCUT2D eigenvalue weighted by atomic mass is 9.98. The van der Waals surface area contributed by atoms with E-state index < -0.39 is 6.10 Å². The average molecular weight is 216 g/mol. The Morgan fingerprint density at radius 2 is 2.00 bits per heavy atom. The third-order valence-corrected chi connectivity index (χ3v) is 2.69. The Kier molecular flexibility index (Phi) is 2.88. The molecule has 0 aromatic carbocycles. The van der Waals surface area contributed by atoms with Crippen molar-refractivity contribution in [1.82, 2.24) is 9.97 Å². The number of nitrogens with zero attached hydrogens (tertiary/aromatic N) is 2. The fraction of sp³-hybridized carbons (Fsp3) is 0.385. The molecule has 2 aromatic heterocycles. The van der Waals surface area contributed by atoms with Gasteiger partial charge in [-0.25, -0.2) is 9.97 Å². The lowest BCUT2D eigenvalue weighted by Gasteiger charge is -2.12. The molecule has 2 heterocycles. The minimum atomic E-state index is -0.552. The van der Waals surface area contributed by atoms with Gasteiger partial charge >= 0.3 is 0 Å². The second kappa shape index (κ2) is 4.18. The highest BCUT2D eigenvalue weighted by Gasteiger charge is 2.11. The van der Waals surface area contributed by atoms with Crippen LogP contribution >= 0.6 is 0 Å². The summed E-state index contributed by atoms with van der Waals surface area (Å²) in [5, 5.41) is 10.7. The van der Waals surface area contributed by atoms with E-state index in [1.165, 1.54) is 5.56 Å². The first-order chi connectivity index (χ1) is 7.59. The van der Waals surface area contributed by atoms with Crippen molar-refractivity contribution in [2.45, 2.75) is 32.8 Å². The van der Waals surface area contributed by atoms with Gasteiger partial charge in [-0.2, -0.15) is 0 Å². The van der Waals surface area contributed by atoms with Crippen molar-refractivity contribution in [3.63, 3.8) is 0 Å². The maximum atomic E-state index is 9.60. The molecule has 0 saturated heterocycles. The van der Waals surface area contributed by atoms with Gasteiger partial charge in [0.05, 0.1) is 11.8 Å². The molecule has 0 bridgehead atoms. The average Bonchev–Trinajstić information content (AvgIpc) is 2.27. The van der Waals surface area contributed by atoms with E-state index in [2.05, 4.69) is 23.8 Å². The molecule has 3 heteroatoms. The number of aliphatic hydroxyl groups is 1. The molecule has 16 heavy (non-hydrogen) atoms. The van der Waals surface area contributed by atoms with Gasteiger partial charge in [0.2, 0.25) is 0 Å². The Morgan fingerprint density at radius 1 is 1.25 bits per heavy atom. The SMILES string of the molecule is CC(C)c1cc([C@@H](C)O)nc2ncccc12. The number of aromatic nitrogens is 2. The Labute approximate surface area is 95.2 Å². The van der Waals surface area contributed by atoms with Crippen molar-refractivity contribution in [3.8, 4) is 0 Å². The van der Waals surface area contributed by atoms with E-state index in [0.29, 0.717) is 17.3 Å². The van der Waals surface area contributed by atoms with Crippen LogP contribution in [0.4, 0.5) is 0 Å². The summed E-state index contributed by atoms with van der Waals surface area (Å²) in [4.78, 5) is 8.60. The van der Waals surface area contributed by atoms with Crippen molar-refractivity contribution in [2.75, 3.05) is 0 Å². The van der Waals surface area contributed by atoms with Gasteiger partial charge in [0.1, 0.15) is 0 Å². The topological polar surface area (TPSA) is 46.0 Å². The third-order valence-electron chi connectivity index (χ3n) is 2.69. The van der Waals surface area contributed by atoms with E-state index in [1.54, 1.807) is 13.1 Å². The molecule has 1 N–H and O–H groups in total. The van der Waals surface area contributed by atoms with E-state index in [4.69, 9.17) is 0 Å². The maximum absolute atomic E-state index is 9.60. The Bertz CT molecular complexity index is 506. The maximum Gasteiger partial charge on any atom is 0.159 e. The summed E-state index contributed by atoms with van der Waals surface area (Å²) in [7, 11) is 0. The van der Waals surface area contributed by atoms with Gasteiger partial charge in [-0.1, -0.05) is 13.8 Å². The summed E-state index contributed by atoms with van der Waals surface area (Å²) in [6.45, 7) is 5.99. The highest BCUT2D eigenvalue weighted by molar-refractivity contribution is 5.79. The fourth-order valence-corrected chi connectivity index (χ4v) is 1.79. The van der Waals surface area contributed by atoms with Crippen LogP contribution in [0.25, 0.3) is 11.0 Å². The molecule has 0 saturated carbocycles. The first kappa shape index (κ1) is 11.0. The van der Waals surface area contributed by atoms with E-state index >= 15 is 0 Å². The minimum absolute atomic E-state index is 0.396. The smallest absolute Gasteiger partial charge is 0.159 e. The number of fused-ring (bicyclic) bond motifs is 1. The number of hydrogen-bond donors (Lipinski definition) is 1. The fourth-order valence-electron chi connectivity index (χ4n) is 1.79. The zero-order chi connectivity index (χ0) is 11.7. The first-order valence-electron chi connectivity index (χ1n) is 5.53. The molecule has 3 nitrogen and oxygen atoms in total. The van der Waals surface area contributed by atoms with Crippen LogP contribution in [-0.4, -0.2) is 15.1 Å². The molecule has 84 valence electrons. The monoisotopic (exact) mass is 216 g/mol. The van der Waals surface area contributed by atoms with Gasteiger partial charge in [-0.3, -0.25) is 0 Å². The molecule has 1 atom stereocenters. The molecule has 0 spiro atoms. The van der Waals surface area contributed by atoms with Gasteiger partial charge in [0, 0.05) is 11.6 Å². The van der Waals surface area contributed by atoms with Crippen molar-refractivity contribution in [1.29, 1.82) is 0 Å². The van der Waals surface area contributed by atoms with Gasteiger partial charge in [0.15, 0.2) is 5.65 Å². The van der Waals surface area contributed by atoms with Crippen LogP contribution in [0.5, 0.6) is 0 Å². The van der Waals surface area contributed by atoms with E-state index in [-0.39, 0.29) is 0 Å². The van der Waals surface area contributed by atoms with Crippen LogP contribution in [0.1, 0.15) is 44.1 Å². The predicted octanol–water partition coefficient (Wildman–Crippen LogP) is 2.81. The van der Waals surface area contributed by atoms with E-state index in [0.717, 1.165) is 5.39 Å². The largest absolute Gasteiger partial charge is 0.387 e. The van der Waals surface area contributed by atoms with Crippen LogP contribution in [0.3, 0.4) is 0 Å². The highest BCUT2D eigenvalue weighted by atomic mass is 16.3. The summed E-state index contributed by atoms with van der Waals surface area (Å²) in [6, 6.07) is 5.91. The van der Waals surface area contributed by atoms with Crippen molar-refractivity contribution >= 4 is 11.0 Å². The van der Waals surface area contributed by atoms with E-state index in [1.807, 2.05) is 18.2 Å². The second-order valence-corrected chi connectivity index (χ2v) is 4.34. The molecule has 0 unspecified atom stereocenters. The Hall–Kier alpha value is -1.48. The van der Waals surface area contributed by atoms with Crippen molar-refractivity contribution in [2.24, 2.45) is 0 Å². The zero-order valence-electron chi connectivity index (χ0n) is 9.81. The summed E-state index contributed by atoms with van der Waals surface area (Å²) < 4.78 is 0. The van der Waals surface area contributed by atoms with Crippen LogP contribution in [0.2, 0.25) is 0 Å². The molecule has 2 aromatic rings. The van der Waals surface area contributed by atoms with Crippen LogP contribution in [0.15, 0.2) is 24.4 Å². The molecule has 0 amide bonds. The van der Waals surface area contributed by atoms with Crippen molar-refractivity contribution < 1.29 is 5.11 Å². The van der Waals surface area contributed by atoms with Gasteiger partial charge < -0.3 is 5.11 Å². The number of pyridine rings is 2. The summed E-state index contributed by atoms with van der Waals surface area (Å²) >= 11 is 0. The summed E-state index contributed by atoms with van der Waals surface area (Å²) in [5.41, 5.74) is 2.59. The second-order valence-electron chi connectivity index (χ2n) is 4.34. The quantitative estimate of drug-likeness (QED) is 0.839. The number of rotatable bonds is 2. The van der Waals surface area contributed by atoms with E-state index in [9.17, 15) is 5.11 Å². The summed E-state index contributed by atoms with van der Waals surface area (Å²) in [5.74, 6) is 0.396.